The minimum atomic E-state index is -0.779. The van der Waals surface area contributed by atoms with E-state index in [4.69, 9.17) is 9.47 Å². The van der Waals surface area contributed by atoms with Gasteiger partial charge in [0, 0.05) is 42.2 Å². The van der Waals surface area contributed by atoms with Crippen LogP contribution in [0.3, 0.4) is 0 Å². The van der Waals surface area contributed by atoms with Crippen LogP contribution in [0, 0.1) is 0 Å². The van der Waals surface area contributed by atoms with Crippen molar-refractivity contribution in [2.75, 3.05) is 36.6 Å². The number of urea groups is 1. The molecular weight excluding hydrogens is 590 g/mol. The summed E-state index contributed by atoms with van der Waals surface area (Å²) in [6.45, 7) is 5.76. The molecule has 1 fully saturated rings. The van der Waals surface area contributed by atoms with E-state index in [1.54, 1.807) is 31.4 Å². The molecule has 1 saturated heterocycles. The molecule has 0 aliphatic carbocycles. The minimum absolute atomic E-state index is 0.0825. The van der Waals surface area contributed by atoms with Crippen LogP contribution in [-0.2, 0) is 9.59 Å². The number of carbonyl (C=O) groups excluding carboxylic acids is 3. The van der Waals surface area contributed by atoms with E-state index in [1.807, 2.05) is 48.5 Å². The Morgan fingerprint density at radius 2 is 1.47 bits per heavy atom. The van der Waals surface area contributed by atoms with E-state index in [0.717, 1.165) is 42.0 Å². The summed E-state index contributed by atoms with van der Waals surface area (Å²) in [6.07, 6.45) is 4.87. The van der Waals surface area contributed by atoms with Gasteiger partial charge < -0.3 is 14.4 Å². The lowest BCUT2D eigenvalue weighted by Crippen LogP contribution is -2.54. The highest BCUT2D eigenvalue weighted by molar-refractivity contribution is 6.39. The van der Waals surface area contributed by atoms with Crippen molar-refractivity contribution < 1.29 is 23.9 Å². The van der Waals surface area contributed by atoms with Crippen molar-refractivity contribution in [1.82, 2.24) is 5.32 Å². The van der Waals surface area contributed by atoms with E-state index in [0.29, 0.717) is 22.7 Å². The molecule has 0 spiro atoms. The summed E-state index contributed by atoms with van der Waals surface area (Å²) in [5, 5.41) is 2.41. The van der Waals surface area contributed by atoms with Gasteiger partial charge in [0.15, 0.2) is 0 Å². The quantitative estimate of drug-likeness (QED) is 0.132. The number of anilines is 2. The summed E-state index contributed by atoms with van der Waals surface area (Å²) in [5.41, 5.74) is 6.45. The third-order valence-electron chi connectivity index (χ3n) is 9.24. The van der Waals surface area contributed by atoms with Gasteiger partial charge in [0.25, 0.3) is 11.8 Å². The van der Waals surface area contributed by atoms with Crippen molar-refractivity contribution in [3.05, 3.63) is 137 Å². The first kappa shape index (κ1) is 30.0. The molecular formula is C39H35N3O5. The van der Waals surface area contributed by atoms with Crippen LogP contribution >= 0.6 is 0 Å². The SMILES string of the molecule is C=CCOc1cc(OC)ccc1/C=C1\C(=O)NC(=O)N(c2cc3c4c(c2)[C@@H](c2ccccc2)CCN4CC[C@@H]3c2ccccc2)C1=O. The van der Waals surface area contributed by atoms with E-state index >= 15 is 0 Å². The smallest absolute Gasteiger partial charge is 0.335 e. The maximum absolute atomic E-state index is 14.2. The molecule has 0 radical (unpaired) electrons. The Balaban J connectivity index is 1.37. The van der Waals surface area contributed by atoms with E-state index in [-0.39, 0.29) is 24.0 Å². The van der Waals surface area contributed by atoms with Crippen LogP contribution in [0.5, 0.6) is 11.5 Å². The third kappa shape index (κ3) is 5.56. The molecule has 0 aromatic heterocycles. The van der Waals surface area contributed by atoms with Gasteiger partial charge in [0.1, 0.15) is 23.7 Å². The monoisotopic (exact) mass is 625 g/mol. The van der Waals surface area contributed by atoms with Gasteiger partial charge in [-0.1, -0.05) is 73.3 Å². The predicted octanol–water partition coefficient (Wildman–Crippen LogP) is 6.80. The van der Waals surface area contributed by atoms with Crippen LogP contribution < -0.4 is 24.6 Å². The first-order valence-corrected chi connectivity index (χ1v) is 15.8. The van der Waals surface area contributed by atoms with Crippen LogP contribution in [-0.4, -0.2) is 44.7 Å². The second kappa shape index (κ2) is 12.6. The van der Waals surface area contributed by atoms with Gasteiger partial charge in [-0.2, -0.15) is 0 Å². The second-order valence-electron chi connectivity index (χ2n) is 11.9. The highest BCUT2D eigenvalue weighted by Gasteiger charge is 2.40. The number of barbiturate groups is 1. The van der Waals surface area contributed by atoms with Crippen molar-refractivity contribution >= 4 is 35.3 Å². The Morgan fingerprint density at radius 1 is 0.851 bits per heavy atom. The molecule has 236 valence electrons. The van der Waals surface area contributed by atoms with E-state index in [1.165, 1.54) is 22.9 Å². The van der Waals surface area contributed by atoms with Gasteiger partial charge in [-0.3, -0.25) is 14.9 Å². The van der Waals surface area contributed by atoms with Crippen molar-refractivity contribution in [2.24, 2.45) is 0 Å². The molecule has 3 aliphatic heterocycles. The number of nitrogens with zero attached hydrogens (tertiary/aromatic N) is 2. The van der Waals surface area contributed by atoms with Crippen LogP contribution in [0.1, 0.15) is 52.5 Å². The number of benzene rings is 4. The fourth-order valence-corrected chi connectivity index (χ4v) is 7.05. The van der Waals surface area contributed by atoms with Gasteiger partial charge >= 0.3 is 6.03 Å². The number of methoxy groups -OCH3 is 1. The Labute approximate surface area is 273 Å². The normalized spacial score (nSPS) is 19.7. The van der Waals surface area contributed by atoms with E-state index in [2.05, 4.69) is 41.1 Å². The Kier molecular flexibility index (Phi) is 8.08. The van der Waals surface area contributed by atoms with Crippen molar-refractivity contribution in [3.63, 3.8) is 0 Å². The lowest BCUT2D eigenvalue weighted by Gasteiger charge is -2.44. The lowest BCUT2D eigenvalue weighted by atomic mass is 9.76. The zero-order valence-corrected chi connectivity index (χ0v) is 26.1. The van der Waals surface area contributed by atoms with Crippen LogP contribution in [0.2, 0.25) is 0 Å². The molecule has 7 rings (SSSR count). The number of hydrogen-bond donors (Lipinski definition) is 1. The molecule has 4 amide bonds. The lowest BCUT2D eigenvalue weighted by molar-refractivity contribution is -0.122. The van der Waals surface area contributed by atoms with Gasteiger partial charge in [-0.05, 0) is 65.4 Å². The van der Waals surface area contributed by atoms with Crippen molar-refractivity contribution in [1.29, 1.82) is 0 Å². The zero-order chi connectivity index (χ0) is 32.5. The second-order valence-corrected chi connectivity index (χ2v) is 11.9. The fraction of sp³-hybridized carbons (Fsp3) is 0.205. The molecule has 2 atom stereocenters. The first-order chi connectivity index (χ1) is 23.0. The number of carbonyl (C=O) groups is 3. The topological polar surface area (TPSA) is 88.2 Å². The van der Waals surface area contributed by atoms with Gasteiger partial charge in [0.2, 0.25) is 0 Å². The van der Waals surface area contributed by atoms with E-state index in [9.17, 15) is 14.4 Å². The number of rotatable bonds is 8. The molecule has 4 aromatic rings. The molecule has 0 unspecified atom stereocenters. The Hall–Kier alpha value is -5.63. The molecule has 4 aromatic carbocycles. The van der Waals surface area contributed by atoms with Crippen molar-refractivity contribution in [2.45, 2.75) is 24.7 Å². The minimum Gasteiger partial charge on any atom is -0.497 e. The van der Waals surface area contributed by atoms with Crippen LogP contribution in [0.15, 0.2) is 109 Å². The maximum atomic E-state index is 14.2. The molecule has 0 bridgehead atoms. The van der Waals surface area contributed by atoms with Gasteiger partial charge in [0.05, 0.1) is 12.8 Å². The number of ether oxygens (including phenoxy) is 2. The highest BCUT2D eigenvalue weighted by atomic mass is 16.5. The van der Waals surface area contributed by atoms with Crippen LogP contribution in [0.4, 0.5) is 16.2 Å². The Morgan fingerprint density at radius 3 is 2.04 bits per heavy atom. The fourth-order valence-electron chi connectivity index (χ4n) is 7.05. The van der Waals surface area contributed by atoms with Crippen molar-refractivity contribution in [3.8, 4) is 11.5 Å². The average Bonchev–Trinajstić information content (AvgIpc) is 3.10. The van der Waals surface area contributed by atoms with Gasteiger partial charge in [-0.15, -0.1) is 0 Å². The first-order valence-electron chi connectivity index (χ1n) is 15.8. The summed E-state index contributed by atoms with van der Waals surface area (Å²) >= 11 is 0. The van der Waals surface area contributed by atoms with E-state index < -0.39 is 17.8 Å². The summed E-state index contributed by atoms with van der Waals surface area (Å²) < 4.78 is 11.2. The molecule has 8 heteroatoms. The van der Waals surface area contributed by atoms with Crippen LogP contribution in [0.25, 0.3) is 6.08 Å². The third-order valence-corrected chi connectivity index (χ3v) is 9.24. The number of amides is 4. The largest absolute Gasteiger partial charge is 0.497 e. The highest BCUT2D eigenvalue weighted by Crippen LogP contribution is 2.50. The molecule has 8 nitrogen and oxygen atoms in total. The molecule has 3 aliphatic rings. The predicted molar refractivity (Wildman–Crippen MR) is 182 cm³/mol. The average molecular weight is 626 g/mol. The van der Waals surface area contributed by atoms with Gasteiger partial charge in [-0.25, -0.2) is 9.69 Å². The summed E-state index contributed by atoms with van der Waals surface area (Å²) in [6, 6.07) is 29.0. The molecule has 3 heterocycles. The summed E-state index contributed by atoms with van der Waals surface area (Å²) in [7, 11) is 1.54. The number of nitrogens with one attached hydrogen (secondary N) is 1. The standard InChI is InChI=1S/C39H35N3O5/c1-3-20-47-35-24-29(46-2)15-14-27(35)21-34-37(43)40-39(45)42(38(34)44)28-22-32-30(25-10-6-4-7-11-25)16-18-41-19-17-31(33(23-28)36(32)41)26-12-8-5-9-13-26/h3-15,21-24,30-31H,1,16-20H2,2H3,(H,40,43,45)/b34-21+/t30-,31-/m1/s1. The summed E-state index contributed by atoms with van der Waals surface area (Å²) in [5.74, 6) is -0.335. The molecule has 1 N–H and O–H groups in total. The zero-order valence-electron chi connectivity index (χ0n) is 26.1. The number of hydrogen-bond acceptors (Lipinski definition) is 6. The molecule has 47 heavy (non-hydrogen) atoms. The molecule has 0 saturated carbocycles. The number of imide groups is 2. The Bertz CT molecular complexity index is 1830. The summed E-state index contributed by atoms with van der Waals surface area (Å²) in [4.78, 5) is 44.5. The maximum Gasteiger partial charge on any atom is 0.335 e.